The Morgan fingerprint density at radius 2 is 2.38 bits per heavy atom. The molecule has 0 aliphatic heterocycles. The zero-order chi connectivity index (χ0) is 10.1. The van der Waals surface area contributed by atoms with Crippen molar-refractivity contribution in [3.05, 3.63) is 0 Å². The molecule has 0 bridgehead atoms. The van der Waals surface area contributed by atoms with Crippen LogP contribution < -0.4 is 11.1 Å². The maximum absolute atomic E-state index is 10.2. The Morgan fingerprint density at radius 3 is 2.92 bits per heavy atom. The van der Waals surface area contributed by atoms with Gasteiger partial charge in [-0.1, -0.05) is 6.92 Å². The lowest BCUT2D eigenvalue weighted by Crippen LogP contribution is -2.28. The van der Waals surface area contributed by atoms with Crippen molar-refractivity contribution in [2.75, 3.05) is 32.9 Å². The van der Waals surface area contributed by atoms with Gasteiger partial charge in [-0.25, -0.2) is 0 Å². The molecule has 0 aromatic carbocycles. The third-order valence-corrected chi connectivity index (χ3v) is 1.47. The van der Waals surface area contributed by atoms with Gasteiger partial charge in [0.15, 0.2) is 0 Å². The van der Waals surface area contributed by atoms with Crippen molar-refractivity contribution in [2.24, 2.45) is 11.7 Å². The lowest BCUT2D eigenvalue weighted by Gasteiger charge is -2.08. The normalized spacial score (nSPS) is 12.8. The zero-order valence-electron chi connectivity index (χ0n) is 7.95. The van der Waals surface area contributed by atoms with Gasteiger partial charge in [0.05, 0.1) is 6.61 Å². The van der Waals surface area contributed by atoms with Gasteiger partial charge in [0.1, 0.15) is 6.61 Å². The zero-order valence-corrected chi connectivity index (χ0v) is 7.95. The number of amides is 1. The van der Waals surface area contributed by atoms with Gasteiger partial charge in [-0.3, -0.25) is 4.79 Å². The minimum absolute atomic E-state index is 0.0305. The average molecular weight is 190 g/mol. The van der Waals surface area contributed by atoms with Crippen molar-refractivity contribution >= 4 is 5.91 Å². The monoisotopic (exact) mass is 190 g/mol. The maximum atomic E-state index is 10.2. The van der Waals surface area contributed by atoms with Crippen LogP contribution in [0.25, 0.3) is 0 Å². The molecule has 5 nitrogen and oxygen atoms in total. The molecule has 0 spiro atoms. The molecule has 0 rings (SSSR count). The first-order chi connectivity index (χ1) is 6.16. The molecule has 0 heterocycles. The van der Waals surface area contributed by atoms with Gasteiger partial charge >= 0.3 is 0 Å². The molecule has 0 saturated heterocycles. The smallest absolute Gasteiger partial charge is 0.243 e. The highest BCUT2D eigenvalue weighted by Crippen LogP contribution is 1.87. The summed E-state index contributed by atoms with van der Waals surface area (Å²) in [5.41, 5.74) is 4.86. The molecule has 1 atom stereocenters. The van der Waals surface area contributed by atoms with E-state index in [1.807, 2.05) is 6.92 Å². The molecule has 0 radical (unpaired) electrons. The van der Waals surface area contributed by atoms with E-state index in [2.05, 4.69) is 5.32 Å². The Kier molecular flexibility index (Phi) is 7.57. The lowest BCUT2D eigenvalue weighted by molar-refractivity contribution is -0.122. The summed E-state index contributed by atoms with van der Waals surface area (Å²) in [7, 11) is 0. The number of aliphatic hydroxyl groups excluding tert-OH is 1. The molecule has 0 aromatic rings. The van der Waals surface area contributed by atoms with Crippen LogP contribution in [0, 0.1) is 5.92 Å². The van der Waals surface area contributed by atoms with Crippen LogP contribution in [0.3, 0.4) is 0 Å². The molecule has 78 valence electrons. The van der Waals surface area contributed by atoms with E-state index in [9.17, 15) is 4.79 Å². The van der Waals surface area contributed by atoms with E-state index < -0.39 is 5.91 Å². The summed E-state index contributed by atoms with van der Waals surface area (Å²) in [4.78, 5) is 10.2. The number of hydrogen-bond donors (Lipinski definition) is 3. The second-order valence-electron chi connectivity index (χ2n) is 3.01. The topological polar surface area (TPSA) is 84.6 Å². The fourth-order valence-electron chi connectivity index (χ4n) is 0.730. The lowest BCUT2D eigenvalue weighted by atomic mass is 10.2. The molecule has 1 unspecified atom stereocenters. The molecule has 13 heavy (non-hydrogen) atoms. The Labute approximate surface area is 78.3 Å². The first-order valence-corrected chi connectivity index (χ1v) is 4.34. The molecule has 4 N–H and O–H groups in total. The number of primary amides is 1. The number of nitrogens with two attached hydrogens (primary N) is 1. The van der Waals surface area contributed by atoms with Crippen molar-refractivity contribution < 1.29 is 14.6 Å². The number of hydrogen-bond acceptors (Lipinski definition) is 4. The Hall–Kier alpha value is -0.650. The van der Waals surface area contributed by atoms with Crippen LogP contribution in [-0.2, 0) is 9.53 Å². The second kappa shape index (κ2) is 7.97. The fourth-order valence-corrected chi connectivity index (χ4v) is 0.730. The Morgan fingerprint density at radius 1 is 1.69 bits per heavy atom. The highest BCUT2D eigenvalue weighted by molar-refractivity contribution is 5.74. The summed E-state index contributed by atoms with van der Waals surface area (Å²) >= 11 is 0. The molecular formula is C8H18N2O3. The number of carbonyl (C=O) groups is 1. The first kappa shape index (κ1) is 12.3. The predicted molar refractivity (Wildman–Crippen MR) is 49.1 cm³/mol. The maximum Gasteiger partial charge on any atom is 0.243 e. The van der Waals surface area contributed by atoms with Crippen LogP contribution >= 0.6 is 0 Å². The van der Waals surface area contributed by atoms with Gasteiger partial charge in [0, 0.05) is 13.2 Å². The summed E-state index contributed by atoms with van der Waals surface area (Å²) in [6.07, 6.45) is 0. The van der Waals surface area contributed by atoms with E-state index in [1.54, 1.807) is 0 Å². The number of rotatable bonds is 8. The summed E-state index contributed by atoms with van der Waals surface area (Å²) in [6, 6.07) is 0. The molecule has 5 heteroatoms. The van der Waals surface area contributed by atoms with Crippen molar-refractivity contribution in [2.45, 2.75) is 6.92 Å². The molecule has 0 aliphatic carbocycles. The highest BCUT2D eigenvalue weighted by Gasteiger charge is 1.98. The summed E-state index contributed by atoms with van der Waals surface area (Å²) in [6.45, 7) is 3.96. The summed E-state index contributed by atoms with van der Waals surface area (Å²) in [5, 5.41) is 11.8. The molecule has 0 saturated carbocycles. The van der Waals surface area contributed by atoms with Gasteiger partial charge in [-0.15, -0.1) is 0 Å². The predicted octanol–water partition coefficient (Wildman–Crippen LogP) is -1.29. The average Bonchev–Trinajstić information content (AvgIpc) is 2.10. The van der Waals surface area contributed by atoms with Gasteiger partial charge in [0.25, 0.3) is 0 Å². The van der Waals surface area contributed by atoms with E-state index >= 15 is 0 Å². The van der Waals surface area contributed by atoms with Gasteiger partial charge in [-0.2, -0.15) is 0 Å². The van der Waals surface area contributed by atoms with E-state index in [0.717, 1.165) is 6.54 Å². The van der Waals surface area contributed by atoms with E-state index in [0.29, 0.717) is 13.2 Å². The molecular weight excluding hydrogens is 172 g/mol. The molecule has 0 aromatic heterocycles. The van der Waals surface area contributed by atoms with Crippen molar-refractivity contribution in [1.82, 2.24) is 5.32 Å². The first-order valence-electron chi connectivity index (χ1n) is 4.34. The van der Waals surface area contributed by atoms with Crippen LogP contribution in [0.4, 0.5) is 0 Å². The van der Waals surface area contributed by atoms with Crippen molar-refractivity contribution in [3.8, 4) is 0 Å². The number of nitrogens with one attached hydrogen (secondary N) is 1. The quantitative estimate of drug-likeness (QED) is 0.416. The summed E-state index contributed by atoms with van der Waals surface area (Å²) in [5.74, 6) is -0.208. The van der Waals surface area contributed by atoms with Gasteiger partial charge in [0.2, 0.25) is 5.91 Å². The van der Waals surface area contributed by atoms with E-state index in [1.165, 1.54) is 0 Å². The van der Waals surface area contributed by atoms with Gasteiger partial charge < -0.3 is 20.9 Å². The standard InChI is InChI=1S/C8H18N2O3/c1-7(5-11)4-10-2-3-13-6-8(9)12/h7,10-11H,2-6H2,1H3,(H2,9,12). The van der Waals surface area contributed by atoms with Crippen LogP contribution in [0.1, 0.15) is 6.92 Å². The molecule has 0 aliphatic rings. The third-order valence-electron chi connectivity index (χ3n) is 1.47. The van der Waals surface area contributed by atoms with Crippen LogP contribution in [0.5, 0.6) is 0 Å². The molecule has 1 amide bonds. The van der Waals surface area contributed by atoms with Crippen LogP contribution in [0.2, 0.25) is 0 Å². The minimum Gasteiger partial charge on any atom is -0.396 e. The minimum atomic E-state index is -0.455. The highest BCUT2D eigenvalue weighted by atomic mass is 16.5. The SMILES string of the molecule is CC(CO)CNCCOCC(N)=O. The number of carbonyl (C=O) groups excluding carboxylic acids is 1. The van der Waals surface area contributed by atoms with Crippen LogP contribution in [-0.4, -0.2) is 43.9 Å². The Bertz CT molecular complexity index is 141. The second-order valence-corrected chi connectivity index (χ2v) is 3.01. The largest absolute Gasteiger partial charge is 0.396 e. The van der Waals surface area contributed by atoms with Crippen LogP contribution in [0.15, 0.2) is 0 Å². The van der Waals surface area contributed by atoms with Crippen molar-refractivity contribution in [1.29, 1.82) is 0 Å². The Balaban J connectivity index is 3.04. The van der Waals surface area contributed by atoms with E-state index in [-0.39, 0.29) is 19.1 Å². The summed E-state index contributed by atoms with van der Waals surface area (Å²) < 4.78 is 4.91. The molecule has 0 fully saturated rings. The fraction of sp³-hybridized carbons (Fsp3) is 0.875. The number of aliphatic hydroxyl groups is 1. The van der Waals surface area contributed by atoms with E-state index in [4.69, 9.17) is 15.6 Å². The third kappa shape index (κ3) is 9.26. The number of ether oxygens (including phenoxy) is 1. The van der Waals surface area contributed by atoms with Crippen molar-refractivity contribution in [3.63, 3.8) is 0 Å². The van der Waals surface area contributed by atoms with Gasteiger partial charge in [-0.05, 0) is 12.5 Å².